The Kier molecular flexibility index (Phi) is 7.11. The predicted molar refractivity (Wildman–Crippen MR) is 84.5 cm³/mol. The lowest BCUT2D eigenvalue weighted by atomic mass is 10.1. The standard InChI is InChI=1S/C15H30N4O2/c1-7-12(8-2)19(9-10-20-6)14-18-17-13(21-14)11-16-15(3,4)5/h12,16H,7-11H2,1-6H3. The quantitative estimate of drug-likeness (QED) is 0.756. The summed E-state index contributed by atoms with van der Waals surface area (Å²) >= 11 is 0. The molecule has 6 nitrogen and oxygen atoms in total. The van der Waals surface area contributed by atoms with Gasteiger partial charge in [0.2, 0.25) is 5.89 Å². The van der Waals surface area contributed by atoms with Crippen molar-refractivity contribution >= 4 is 6.01 Å². The van der Waals surface area contributed by atoms with Crippen molar-refractivity contribution < 1.29 is 9.15 Å². The van der Waals surface area contributed by atoms with E-state index in [1.165, 1.54) is 0 Å². The molecule has 21 heavy (non-hydrogen) atoms. The van der Waals surface area contributed by atoms with E-state index in [9.17, 15) is 0 Å². The summed E-state index contributed by atoms with van der Waals surface area (Å²) < 4.78 is 11.0. The molecule has 1 N–H and O–H groups in total. The van der Waals surface area contributed by atoms with Gasteiger partial charge in [0.15, 0.2) is 0 Å². The van der Waals surface area contributed by atoms with Crippen LogP contribution in [0.1, 0.15) is 53.4 Å². The summed E-state index contributed by atoms with van der Waals surface area (Å²) in [4.78, 5) is 2.15. The van der Waals surface area contributed by atoms with Gasteiger partial charge in [0, 0.05) is 25.2 Å². The Morgan fingerprint density at radius 2 is 1.90 bits per heavy atom. The Bertz CT molecular complexity index is 397. The van der Waals surface area contributed by atoms with Crippen LogP contribution in [0, 0.1) is 0 Å². The molecule has 1 aromatic heterocycles. The average Bonchev–Trinajstić information content (AvgIpc) is 2.89. The molecule has 1 heterocycles. The highest BCUT2D eigenvalue weighted by atomic mass is 16.5. The molecule has 6 heteroatoms. The minimum Gasteiger partial charge on any atom is -0.407 e. The summed E-state index contributed by atoms with van der Waals surface area (Å²) in [5.41, 5.74) is 0.0275. The molecule has 0 spiro atoms. The fourth-order valence-electron chi connectivity index (χ4n) is 2.13. The SMILES string of the molecule is CCC(CC)N(CCOC)c1nnc(CNC(C)(C)C)o1. The lowest BCUT2D eigenvalue weighted by Crippen LogP contribution is -2.37. The molecule has 122 valence electrons. The molecular weight excluding hydrogens is 268 g/mol. The molecule has 0 saturated carbocycles. The maximum Gasteiger partial charge on any atom is 0.318 e. The Morgan fingerprint density at radius 3 is 2.43 bits per heavy atom. The first-order valence-corrected chi connectivity index (χ1v) is 7.74. The Hall–Kier alpha value is -1.14. The average molecular weight is 298 g/mol. The smallest absolute Gasteiger partial charge is 0.318 e. The third-order valence-electron chi connectivity index (χ3n) is 3.39. The first kappa shape index (κ1) is 17.9. The van der Waals surface area contributed by atoms with E-state index in [1.54, 1.807) is 7.11 Å². The molecule has 0 radical (unpaired) electrons. The summed E-state index contributed by atoms with van der Waals surface area (Å²) in [5, 5.41) is 11.7. The number of hydrogen-bond acceptors (Lipinski definition) is 6. The van der Waals surface area contributed by atoms with E-state index in [1.807, 2.05) is 0 Å². The van der Waals surface area contributed by atoms with Crippen molar-refractivity contribution in [2.24, 2.45) is 0 Å². The van der Waals surface area contributed by atoms with Crippen molar-refractivity contribution in [3.63, 3.8) is 0 Å². The number of rotatable bonds is 9. The van der Waals surface area contributed by atoms with E-state index >= 15 is 0 Å². The van der Waals surface area contributed by atoms with Crippen molar-refractivity contribution in [1.29, 1.82) is 0 Å². The van der Waals surface area contributed by atoms with Crippen molar-refractivity contribution in [3.05, 3.63) is 5.89 Å². The fraction of sp³-hybridized carbons (Fsp3) is 0.867. The number of hydrogen-bond donors (Lipinski definition) is 1. The molecule has 0 saturated heterocycles. The van der Waals surface area contributed by atoms with Crippen molar-refractivity contribution in [2.75, 3.05) is 25.2 Å². The molecule has 0 fully saturated rings. The van der Waals surface area contributed by atoms with Crippen LogP contribution in [0.5, 0.6) is 0 Å². The molecule has 0 aliphatic carbocycles. The van der Waals surface area contributed by atoms with Gasteiger partial charge in [0.25, 0.3) is 0 Å². The third-order valence-corrected chi connectivity index (χ3v) is 3.39. The van der Waals surface area contributed by atoms with E-state index < -0.39 is 0 Å². The molecule has 0 aromatic carbocycles. The van der Waals surface area contributed by atoms with E-state index in [-0.39, 0.29) is 5.54 Å². The van der Waals surface area contributed by atoms with Crippen molar-refractivity contribution in [1.82, 2.24) is 15.5 Å². The summed E-state index contributed by atoms with van der Waals surface area (Å²) in [6.45, 7) is 12.7. The molecule has 1 aromatic rings. The zero-order chi connectivity index (χ0) is 15.9. The van der Waals surface area contributed by atoms with Gasteiger partial charge >= 0.3 is 6.01 Å². The lowest BCUT2D eigenvalue weighted by Gasteiger charge is -2.28. The van der Waals surface area contributed by atoms with Crippen LogP contribution >= 0.6 is 0 Å². The molecule has 1 rings (SSSR count). The maximum absolute atomic E-state index is 5.81. The lowest BCUT2D eigenvalue weighted by molar-refractivity contribution is 0.200. The molecular formula is C15H30N4O2. The maximum atomic E-state index is 5.81. The minimum absolute atomic E-state index is 0.0275. The van der Waals surface area contributed by atoms with Crippen LogP contribution in [0.25, 0.3) is 0 Å². The van der Waals surface area contributed by atoms with Crippen LogP contribution < -0.4 is 10.2 Å². The van der Waals surface area contributed by atoms with E-state index in [0.717, 1.165) is 19.4 Å². The molecule has 0 bridgehead atoms. The number of aromatic nitrogens is 2. The summed E-state index contributed by atoms with van der Waals surface area (Å²) in [6.07, 6.45) is 2.08. The van der Waals surface area contributed by atoms with E-state index in [2.05, 4.69) is 55.0 Å². The van der Waals surface area contributed by atoms with Gasteiger partial charge in [-0.3, -0.25) is 0 Å². The van der Waals surface area contributed by atoms with Crippen LogP contribution in [0.2, 0.25) is 0 Å². The van der Waals surface area contributed by atoms with Gasteiger partial charge in [-0.25, -0.2) is 0 Å². The Balaban J connectivity index is 2.76. The second kappa shape index (κ2) is 8.34. The van der Waals surface area contributed by atoms with Crippen molar-refractivity contribution in [2.45, 2.75) is 65.6 Å². The molecule has 0 aliphatic rings. The zero-order valence-electron chi connectivity index (χ0n) is 14.3. The van der Waals surface area contributed by atoms with Gasteiger partial charge in [-0.2, -0.15) is 0 Å². The first-order chi connectivity index (χ1) is 9.91. The van der Waals surface area contributed by atoms with Gasteiger partial charge in [0.05, 0.1) is 13.2 Å². The Labute approximate surface area is 128 Å². The highest BCUT2D eigenvalue weighted by Crippen LogP contribution is 2.19. The predicted octanol–water partition coefficient (Wildman–Crippen LogP) is 2.60. The second-order valence-electron chi connectivity index (χ2n) is 6.24. The number of nitrogens with zero attached hydrogens (tertiary/aromatic N) is 3. The van der Waals surface area contributed by atoms with Gasteiger partial charge in [0.1, 0.15) is 0 Å². The van der Waals surface area contributed by atoms with Gasteiger partial charge in [-0.05, 0) is 33.6 Å². The number of anilines is 1. The first-order valence-electron chi connectivity index (χ1n) is 7.74. The van der Waals surface area contributed by atoms with Crippen LogP contribution in [-0.2, 0) is 11.3 Å². The molecule has 0 aliphatic heterocycles. The third kappa shape index (κ3) is 6.01. The van der Waals surface area contributed by atoms with Crippen LogP contribution in [0.15, 0.2) is 4.42 Å². The largest absolute Gasteiger partial charge is 0.407 e. The number of ether oxygens (including phenoxy) is 1. The topological polar surface area (TPSA) is 63.4 Å². The van der Waals surface area contributed by atoms with Gasteiger partial charge in [-0.1, -0.05) is 18.9 Å². The summed E-state index contributed by atoms with van der Waals surface area (Å²) in [6, 6.07) is 0.982. The van der Waals surface area contributed by atoms with Crippen LogP contribution in [-0.4, -0.2) is 42.0 Å². The van der Waals surface area contributed by atoms with Crippen molar-refractivity contribution in [3.8, 4) is 0 Å². The van der Waals surface area contributed by atoms with Gasteiger partial charge < -0.3 is 19.4 Å². The number of nitrogens with one attached hydrogen (secondary N) is 1. The van der Waals surface area contributed by atoms with E-state index in [0.29, 0.717) is 31.1 Å². The van der Waals surface area contributed by atoms with E-state index in [4.69, 9.17) is 9.15 Å². The Morgan fingerprint density at radius 1 is 1.24 bits per heavy atom. The van der Waals surface area contributed by atoms with Crippen LogP contribution in [0.4, 0.5) is 6.01 Å². The summed E-state index contributed by atoms with van der Waals surface area (Å²) in [7, 11) is 1.71. The highest BCUT2D eigenvalue weighted by Gasteiger charge is 2.21. The fourth-order valence-corrected chi connectivity index (χ4v) is 2.13. The molecule has 0 unspecified atom stereocenters. The zero-order valence-corrected chi connectivity index (χ0v) is 14.3. The minimum atomic E-state index is 0.0275. The monoisotopic (exact) mass is 298 g/mol. The molecule has 0 amide bonds. The van der Waals surface area contributed by atoms with Gasteiger partial charge in [-0.15, -0.1) is 5.10 Å². The highest BCUT2D eigenvalue weighted by molar-refractivity contribution is 5.26. The normalized spacial score (nSPS) is 12.1. The number of methoxy groups -OCH3 is 1. The van der Waals surface area contributed by atoms with Crippen LogP contribution in [0.3, 0.4) is 0 Å². The summed E-state index contributed by atoms with van der Waals surface area (Å²) in [5.74, 6) is 0.619. The second-order valence-corrected chi connectivity index (χ2v) is 6.24. The molecule has 0 atom stereocenters.